The third-order valence-corrected chi connectivity index (χ3v) is 3.90. The molecule has 0 radical (unpaired) electrons. The lowest BCUT2D eigenvalue weighted by molar-refractivity contribution is 0.313. The molecule has 0 saturated heterocycles. The van der Waals surface area contributed by atoms with E-state index in [-0.39, 0.29) is 6.04 Å². The van der Waals surface area contributed by atoms with Crippen molar-refractivity contribution in [3.63, 3.8) is 0 Å². The first-order chi connectivity index (χ1) is 7.15. The molecular formula is C10H10BrCl2NO. The monoisotopic (exact) mass is 309 g/mol. The van der Waals surface area contributed by atoms with E-state index in [1.54, 1.807) is 6.07 Å². The fourth-order valence-electron chi connectivity index (χ4n) is 1.71. The highest BCUT2D eigenvalue weighted by molar-refractivity contribution is 9.10. The summed E-state index contributed by atoms with van der Waals surface area (Å²) in [6.07, 6.45) is 0. The van der Waals surface area contributed by atoms with E-state index in [0.29, 0.717) is 22.4 Å². The molecule has 0 fully saturated rings. The van der Waals surface area contributed by atoms with E-state index in [2.05, 4.69) is 21.2 Å². The summed E-state index contributed by atoms with van der Waals surface area (Å²) in [6.45, 7) is 3.50. The SMILES string of the molecule is CCNC1COc2c(Cl)cc(Br)c(Cl)c21. The Morgan fingerprint density at radius 3 is 3.00 bits per heavy atom. The first-order valence-corrected chi connectivity index (χ1v) is 6.23. The molecule has 1 N–H and O–H groups in total. The Bertz CT molecular complexity index is 397. The zero-order valence-electron chi connectivity index (χ0n) is 8.11. The Labute approximate surface area is 107 Å². The van der Waals surface area contributed by atoms with E-state index in [1.165, 1.54) is 0 Å². The molecule has 2 nitrogen and oxygen atoms in total. The number of likely N-dealkylation sites (N-methyl/N-ethyl adjacent to an activating group) is 1. The van der Waals surface area contributed by atoms with Crippen LogP contribution in [-0.4, -0.2) is 13.2 Å². The van der Waals surface area contributed by atoms with Crippen LogP contribution >= 0.6 is 39.1 Å². The molecule has 82 valence electrons. The standard InChI is InChI=1S/C10H10BrCl2NO/c1-2-14-7-4-15-10-6(12)3-5(11)9(13)8(7)10/h3,7,14H,2,4H2,1H3. The number of hydrogen-bond acceptors (Lipinski definition) is 2. The van der Waals surface area contributed by atoms with Crippen molar-refractivity contribution in [2.75, 3.05) is 13.2 Å². The molecule has 1 aliphatic heterocycles. The summed E-state index contributed by atoms with van der Waals surface area (Å²) in [7, 11) is 0. The van der Waals surface area contributed by atoms with Crippen LogP contribution in [0.1, 0.15) is 18.5 Å². The number of rotatable bonds is 2. The van der Waals surface area contributed by atoms with Crippen LogP contribution in [0, 0.1) is 0 Å². The van der Waals surface area contributed by atoms with E-state index in [4.69, 9.17) is 27.9 Å². The van der Waals surface area contributed by atoms with Crippen LogP contribution in [0.15, 0.2) is 10.5 Å². The summed E-state index contributed by atoms with van der Waals surface area (Å²) in [5.74, 6) is 0.704. The first kappa shape index (κ1) is 11.5. The van der Waals surface area contributed by atoms with E-state index >= 15 is 0 Å². The summed E-state index contributed by atoms with van der Waals surface area (Å²) in [5.41, 5.74) is 0.956. The van der Waals surface area contributed by atoms with Crippen LogP contribution in [-0.2, 0) is 0 Å². The molecule has 0 aliphatic carbocycles. The van der Waals surface area contributed by atoms with Crippen LogP contribution in [0.4, 0.5) is 0 Å². The van der Waals surface area contributed by atoms with Gasteiger partial charge in [0.05, 0.1) is 16.1 Å². The fraction of sp³-hybridized carbons (Fsp3) is 0.400. The number of benzene rings is 1. The quantitative estimate of drug-likeness (QED) is 0.839. The average Bonchev–Trinajstić information content (AvgIpc) is 2.60. The van der Waals surface area contributed by atoms with Gasteiger partial charge < -0.3 is 10.1 Å². The fourth-order valence-corrected chi connectivity index (χ4v) is 2.82. The normalized spacial score (nSPS) is 18.8. The van der Waals surface area contributed by atoms with Crippen molar-refractivity contribution in [3.05, 3.63) is 26.1 Å². The van der Waals surface area contributed by atoms with Gasteiger partial charge in [0.25, 0.3) is 0 Å². The molecule has 1 atom stereocenters. The minimum Gasteiger partial charge on any atom is -0.490 e. The maximum Gasteiger partial charge on any atom is 0.144 e. The van der Waals surface area contributed by atoms with Crippen molar-refractivity contribution >= 4 is 39.1 Å². The molecule has 1 aromatic carbocycles. The van der Waals surface area contributed by atoms with Gasteiger partial charge in [-0.2, -0.15) is 0 Å². The van der Waals surface area contributed by atoms with Gasteiger partial charge in [0.1, 0.15) is 12.4 Å². The maximum atomic E-state index is 6.22. The van der Waals surface area contributed by atoms with Gasteiger partial charge in [0.15, 0.2) is 0 Å². The predicted molar refractivity (Wildman–Crippen MR) is 66.1 cm³/mol. The molecule has 5 heteroatoms. The largest absolute Gasteiger partial charge is 0.490 e. The molecule has 1 heterocycles. The predicted octanol–water partition coefficient (Wildman–Crippen LogP) is 3.80. The van der Waals surface area contributed by atoms with Gasteiger partial charge >= 0.3 is 0 Å². The van der Waals surface area contributed by atoms with Crippen LogP contribution in [0.2, 0.25) is 10.0 Å². The molecule has 1 aliphatic rings. The Kier molecular flexibility index (Phi) is 3.45. The van der Waals surface area contributed by atoms with Crippen molar-refractivity contribution in [3.8, 4) is 5.75 Å². The number of nitrogens with one attached hydrogen (secondary N) is 1. The van der Waals surface area contributed by atoms with Gasteiger partial charge in [0, 0.05) is 10.0 Å². The Balaban J connectivity index is 2.50. The summed E-state index contributed by atoms with van der Waals surface area (Å²) in [5, 5.41) is 4.58. The molecule has 1 aromatic rings. The van der Waals surface area contributed by atoms with Crippen LogP contribution < -0.4 is 10.1 Å². The number of hydrogen-bond donors (Lipinski definition) is 1. The van der Waals surface area contributed by atoms with E-state index in [1.807, 2.05) is 6.92 Å². The third kappa shape index (κ3) is 1.98. The molecule has 2 rings (SSSR count). The summed E-state index contributed by atoms with van der Waals surface area (Å²) < 4.78 is 6.34. The molecule has 0 saturated carbocycles. The first-order valence-electron chi connectivity index (χ1n) is 4.68. The molecule has 15 heavy (non-hydrogen) atoms. The maximum absolute atomic E-state index is 6.22. The number of ether oxygens (including phenoxy) is 1. The zero-order valence-corrected chi connectivity index (χ0v) is 11.2. The van der Waals surface area contributed by atoms with Crippen molar-refractivity contribution in [2.24, 2.45) is 0 Å². The lowest BCUT2D eigenvalue weighted by atomic mass is 10.1. The van der Waals surface area contributed by atoms with E-state index in [0.717, 1.165) is 16.6 Å². The molecular weight excluding hydrogens is 301 g/mol. The minimum absolute atomic E-state index is 0.132. The second-order valence-corrected chi connectivity index (χ2v) is 4.96. The van der Waals surface area contributed by atoms with E-state index < -0.39 is 0 Å². The summed E-state index contributed by atoms with van der Waals surface area (Å²) >= 11 is 15.7. The van der Waals surface area contributed by atoms with Gasteiger partial charge in [-0.05, 0) is 28.5 Å². The second kappa shape index (κ2) is 4.50. The molecule has 0 spiro atoms. The van der Waals surface area contributed by atoms with Gasteiger partial charge in [0.2, 0.25) is 0 Å². The number of halogens is 3. The molecule has 0 aromatic heterocycles. The van der Waals surface area contributed by atoms with Crippen LogP contribution in [0.3, 0.4) is 0 Å². The van der Waals surface area contributed by atoms with Crippen molar-refractivity contribution in [1.29, 1.82) is 0 Å². The van der Waals surface area contributed by atoms with Gasteiger partial charge in [-0.25, -0.2) is 0 Å². The zero-order chi connectivity index (χ0) is 11.0. The third-order valence-electron chi connectivity index (χ3n) is 2.35. The summed E-state index contributed by atoms with van der Waals surface area (Å²) in [6, 6.07) is 1.89. The minimum atomic E-state index is 0.132. The van der Waals surface area contributed by atoms with Gasteiger partial charge in [-0.15, -0.1) is 0 Å². The summed E-state index contributed by atoms with van der Waals surface area (Å²) in [4.78, 5) is 0. The van der Waals surface area contributed by atoms with Crippen molar-refractivity contribution < 1.29 is 4.74 Å². The lowest BCUT2D eigenvalue weighted by Crippen LogP contribution is -2.22. The Hall–Kier alpha value is 0.0400. The average molecular weight is 311 g/mol. The molecule has 1 unspecified atom stereocenters. The second-order valence-electron chi connectivity index (χ2n) is 3.32. The lowest BCUT2D eigenvalue weighted by Gasteiger charge is -2.11. The topological polar surface area (TPSA) is 21.3 Å². The van der Waals surface area contributed by atoms with Gasteiger partial charge in [-0.3, -0.25) is 0 Å². The van der Waals surface area contributed by atoms with Crippen LogP contribution in [0.25, 0.3) is 0 Å². The Morgan fingerprint density at radius 1 is 1.60 bits per heavy atom. The smallest absolute Gasteiger partial charge is 0.144 e. The van der Waals surface area contributed by atoms with Gasteiger partial charge in [-0.1, -0.05) is 30.1 Å². The van der Waals surface area contributed by atoms with Crippen molar-refractivity contribution in [1.82, 2.24) is 5.32 Å². The van der Waals surface area contributed by atoms with Crippen molar-refractivity contribution in [2.45, 2.75) is 13.0 Å². The molecule has 0 amide bonds. The van der Waals surface area contributed by atoms with E-state index in [9.17, 15) is 0 Å². The molecule has 0 bridgehead atoms. The highest BCUT2D eigenvalue weighted by Crippen LogP contribution is 2.45. The Morgan fingerprint density at radius 2 is 2.33 bits per heavy atom. The highest BCUT2D eigenvalue weighted by atomic mass is 79.9. The highest BCUT2D eigenvalue weighted by Gasteiger charge is 2.29. The van der Waals surface area contributed by atoms with Crippen LogP contribution in [0.5, 0.6) is 5.75 Å². The number of fused-ring (bicyclic) bond motifs is 1.